The number of nitrogens with zero attached hydrogens (tertiary/aromatic N) is 2. The topological polar surface area (TPSA) is 89.0 Å². The van der Waals surface area contributed by atoms with Gasteiger partial charge in [-0.2, -0.15) is 0 Å². The van der Waals surface area contributed by atoms with Crippen LogP contribution >= 0.6 is 11.3 Å². The number of carbonyl (C=O) groups is 2. The number of methoxy groups -OCH3 is 1. The van der Waals surface area contributed by atoms with E-state index in [1.54, 1.807) is 25.3 Å². The normalized spacial score (nSPS) is 20.4. The fourth-order valence-electron chi connectivity index (χ4n) is 4.94. The number of benzene rings is 3. The molecule has 6 rings (SSSR count). The Kier molecular flexibility index (Phi) is 5.49. The third-order valence-electron chi connectivity index (χ3n) is 6.80. The van der Waals surface area contributed by atoms with Gasteiger partial charge >= 0.3 is 5.91 Å². The number of amides is 1. The summed E-state index contributed by atoms with van der Waals surface area (Å²) in [7, 11) is 1.59. The second-order valence-corrected chi connectivity index (χ2v) is 10.4. The van der Waals surface area contributed by atoms with E-state index in [0.29, 0.717) is 33.9 Å². The highest BCUT2D eigenvalue weighted by molar-refractivity contribution is 7.22. The fourth-order valence-corrected chi connectivity index (χ4v) is 5.96. The zero-order chi connectivity index (χ0) is 25.8. The summed E-state index contributed by atoms with van der Waals surface area (Å²) in [6.45, 7) is 3.95. The number of thiazole rings is 1. The number of rotatable bonds is 4. The molecule has 1 fully saturated rings. The average Bonchev–Trinajstić information content (AvgIpc) is 3.55. The minimum absolute atomic E-state index is 0.0394. The number of hydrogen-bond donors (Lipinski definition) is 1. The molecule has 1 aromatic heterocycles. The molecule has 1 amide bonds. The number of ether oxygens (including phenoxy) is 2. The largest absolute Gasteiger partial charge is 0.507 e. The summed E-state index contributed by atoms with van der Waals surface area (Å²) in [4.78, 5) is 33.0. The van der Waals surface area contributed by atoms with Gasteiger partial charge in [0.15, 0.2) is 5.13 Å². The van der Waals surface area contributed by atoms with Crippen molar-refractivity contribution >= 4 is 44.1 Å². The first-order valence-corrected chi connectivity index (χ1v) is 12.8. The van der Waals surface area contributed by atoms with Gasteiger partial charge in [-0.05, 0) is 61.4 Å². The quantitative estimate of drug-likeness (QED) is 0.219. The highest BCUT2D eigenvalue weighted by atomic mass is 32.1. The molecule has 2 aliphatic rings. The van der Waals surface area contributed by atoms with E-state index >= 15 is 0 Å². The van der Waals surface area contributed by atoms with Gasteiger partial charge in [-0.3, -0.25) is 14.5 Å². The molecule has 1 N–H and O–H groups in total. The summed E-state index contributed by atoms with van der Waals surface area (Å²) in [5, 5.41) is 11.9. The van der Waals surface area contributed by atoms with Crippen molar-refractivity contribution in [3.8, 4) is 11.5 Å². The van der Waals surface area contributed by atoms with Crippen molar-refractivity contribution in [2.45, 2.75) is 32.4 Å². The van der Waals surface area contributed by atoms with Gasteiger partial charge in [0.05, 0.1) is 28.9 Å². The summed E-state index contributed by atoms with van der Waals surface area (Å²) >= 11 is 1.30. The number of aromatic nitrogens is 1. The van der Waals surface area contributed by atoms with Crippen LogP contribution in [0.4, 0.5) is 5.13 Å². The van der Waals surface area contributed by atoms with E-state index in [-0.39, 0.29) is 17.4 Å². The number of aryl methyl sites for hydroxylation is 1. The van der Waals surface area contributed by atoms with Crippen LogP contribution in [0.1, 0.15) is 35.2 Å². The van der Waals surface area contributed by atoms with E-state index in [1.165, 1.54) is 16.2 Å². The molecule has 4 aromatic rings. The van der Waals surface area contributed by atoms with Crippen molar-refractivity contribution in [2.75, 3.05) is 12.0 Å². The van der Waals surface area contributed by atoms with E-state index in [1.807, 2.05) is 56.3 Å². The molecule has 2 atom stereocenters. The monoisotopic (exact) mass is 512 g/mol. The number of fused-ring (bicyclic) bond motifs is 2. The Bertz CT molecular complexity index is 1600. The number of ketones is 1. The Balaban J connectivity index is 1.52. The van der Waals surface area contributed by atoms with E-state index in [0.717, 1.165) is 21.6 Å². The second kappa shape index (κ2) is 8.74. The van der Waals surface area contributed by atoms with Crippen molar-refractivity contribution in [3.05, 3.63) is 88.5 Å². The molecular formula is C29H24N2O5S. The smallest absolute Gasteiger partial charge is 0.301 e. The lowest BCUT2D eigenvalue weighted by atomic mass is 9.94. The highest BCUT2D eigenvalue weighted by Gasteiger charge is 2.48. The third-order valence-corrected chi connectivity index (χ3v) is 7.81. The Morgan fingerprint density at radius 1 is 1.11 bits per heavy atom. The summed E-state index contributed by atoms with van der Waals surface area (Å²) in [6.07, 6.45) is 0.754. The van der Waals surface area contributed by atoms with Gasteiger partial charge in [0.2, 0.25) is 0 Å². The fraction of sp³-hybridized carbons (Fsp3) is 0.207. The number of Topliss-reactive ketones (excluding diaryl/α,β-unsaturated/α-hetero) is 1. The van der Waals surface area contributed by atoms with Crippen LogP contribution in [0.2, 0.25) is 0 Å². The Morgan fingerprint density at radius 3 is 2.65 bits per heavy atom. The van der Waals surface area contributed by atoms with Crippen LogP contribution in [-0.4, -0.2) is 35.0 Å². The van der Waals surface area contributed by atoms with Crippen molar-refractivity contribution < 1.29 is 24.2 Å². The van der Waals surface area contributed by atoms with Crippen LogP contribution in [0, 0.1) is 6.92 Å². The van der Waals surface area contributed by atoms with Crippen molar-refractivity contribution in [3.63, 3.8) is 0 Å². The maximum Gasteiger partial charge on any atom is 0.301 e. The molecule has 8 heteroatoms. The maximum atomic E-state index is 13.5. The molecule has 3 aromatic carbocycles. The standard InChI is InChI=1S/C29H24N2O5S/c1-15-4-6-17(7-5-15)25-24(26(32)18-8-11-22-19(13-18)12-16(2)36-22)27(33)28(34)31(25)29-30-21-10-9-20(35-3)14-23(21)37-29/h4-11,13-14,16,25,32H,12H2,1-3H3/t16-,25+/m1/s1. The first kappa shape index (κ1) is 23.2. The van der Waals surface area contributed by atoms with Gasteiger partial charge in [0, 0.05) is 12.0 Å². The molecule has 0 unspecified atom stereocenters. The van der Waals surface area contributed by atoms with Gasteiger partial charge in [-0.1, -0.05) is 41.2 Å². The van der Waals surface area contributed by atoms with E-state index in [4.69, 9.17) is 9.47 Å². The van der Waals surface area contributed by atoms with Gasteiger partial charge in [0.1, 0.15) is 23.4 Å². The lowest BCUT2D eigenvalue weighted by molar-refractivity contribution is -0.132. The lowest BCUT2D eigenvalue weighted by Gasteiger charge is -2.23. The molecule has 186 valence electrons. The van der Waals surface area contributed by atoms with Crippen LogP contribution in [0.25, 0.3) is 16.0 Å². The van der Waals surface area contributed by atoms with E-state index in [2.05, 4.69) is 4.98 Å². The zero-order valence-electron chi connectivity index (χ0n) is 20.5. The van der Waals surface area contributed by atoms with Crippen molar-refractivity contribution in [1.29, 1.82) is 0 Å². The molecular weight excluding hydrogens is 488 g/mol. The number of hydrogen-bond acceptors (Lipinski definition) is 7. The molecule has 0 aliphatic carbocycles. The Hall–Kier alpha value is -4.17. The third kappa shape index (κ3) is 3.84. The molecule has 0 spiro atoms. The molecule has 2 aliphatic heterocycles. The molecule has 1 saturated heterocycles. The summed E-state index contributed by atoms with van der Waals surface area (Å²) in [5.41, 5.74) is 3.91. The van der Waals surface area contributed by atoms with Crippen LogP contribution in [-0.2, 0) is 16.0 Å². The van der Waals surface area contributed by atoms with Gasteiger partial charge in [0.25, 0.3) is 5.78 Å². The van der Waals surface area contributed by atoms with Crippen LogP contribution < -0.4 is 14.4 Å². The number of aliphatic hydroxyl groups is 1. The molecule has 0 radical (unpaired) electrons. The summed E-state index contributed by atoms with van der Waals surface area (Å²) < 4.78 is 11.9. The van der Waals surface area contributed by atoms with Gasteiger partial charge in [-0.15, -0.1) is 0 Å². The van der Waals surface area contributed by atoms with Gasteiger partial charge in [-0.25, -0.2) is 4.98 Å². The molecule has 0 bridgehead atoms. The zero-order valence-corrected chi connectivity index (χ0v) is 21.3. The SMILES string of the molecule is COc1ccc2nc(N3C(=O)C(=O)C(=C(O)c4ccc5c(c4)C[C@@H](C)O5)[C@@H]3c3ccc(C)cc3)sc2c1. The second-order valence-electron chi connectivity index (χ2n) is 9.36. The molecule has 0 saturated carbocycles. The molecule has 3 heterocycles. The average molecular weight is 513 g/mol. The molecule has 37 heavy (non-hydrogen) atoms. The highest BCUT2D eigenvalue weighted by Crippen LogP contribution is 2.45. The predicted molar refractivity (Wildman–Crippen MR) is 142 cm³/mol. The number of anilines is 1. The van der Waals surface area contributed by atoms with Crippen LogP contribution in [0.15, 0.2) is 66.2 Å². The minimum Gasteiger partial charge on any atom is -0.507 e. The first-order chi connectivity index (χ1) is 17.8. The Morgan fingerprint density at radius 2 is 1.89 bits per heavy atom. The van der Waals surface area contributed by atoms with E-state index < -0.39 is 17.7 Å². The van der Waals surface area contributed by atoms with Gasteiger partial charge < -0.3 is 14.6 Å². The number of aliphatic hydroxyl groups excluding tert-OH is 1. The van der Waals surface area contributed by atoms with Crippen LogP contribution in [0.3, 0.4) is 0 Å². The van der Waals surface area contributed by atoms with E-state index in [9.17, 15) is 14.7 Å². The predicted octanol–water partition coefficient (Wildman–Crippen LogP) is 5.56. The maximum absolute atomic E-state index is 13.5. The number of carbonyl (C=O) groups excluding carboxylic acids is 2. The van der Waals surface area contributed by atoms with Crippen molar-refractivity contribution in [1.82, 2.24) is 4.98 Å². The first-order valence-electron chi connectivity index (χ1n) is 12.0. The van der Waals surface area contributed by atoms with Crippen molar-refractivity contribution in [2.24, 2.45) is 0 Å². The Labute approximate surface area is 217 Å². The lowest BCUT2D eigenvalue weighted by Crippen LogP contribution is -2.29. The summed E-state index contributed by atoms with van der Waals surface area (Å²) in [6, 6.07) is 17.6. The van der Waals surface area contributed by atoms with Crippen LogP contribution in [0.5, 0.6) is 11.5 Å². The minimum atomic E-state index is -0.827. The summed E-state index contributed by atoms with van der Waals surface area (Å²) in [5.74, 6) is -0.239. The molecule has 7 nitrogen and oxygen atoms in total.